The smallest absolute Gasteiger partial charge is 0.329 e. The summed E-state index contributed by atoms with van der Waals surface area (Å²) < 4.78 is 11.2. The van der Waals surface area contributed by atoms with Gasteiger partial charge in [-0.3, -0.25) is 19.2 Å². The monoisotopic (exact) mass is 861 g/mol. The van der Waals surface area contributed by atoms with E-state index >= 15 is 0 Å². The number of benzene rings is 2. The molecule has 4 atom stereocenters. The second-order valence-corrected chi connectivity index (χ2v) is 18.5. The lowest BCUT2D eigenvalue weighted by atomic mass is 9.93. The van der Waals surface area contributed by atoms with E-state index in [1.165, 1.54) is 0 Å². The van der Waals surface area contributed by atoms with Crippen molar-refractivity contribution in [2.75, 3.05) is 33.3 Å². The van der Waals surface area contributed by atoms with Gasteiger partial charge in [0.2, 0.25) is 23.6 Å². The summed E-state index contributed by atoms with van der Waals surface area (Å²) in [7, 11) is 1.00. The summed E-state index contributed by atoms with van der Waals surface area (Å²) in [5, 5.41) is 7.00. The Labute approximate surface area is 369 Å². The fourth-order valence-electron chi connectivity index (χ4n) is 9.39. The minimum atomic E-state index is -0.781. The fourth-order valence-corrected chi connectivity index (χ4v) is 9.39. The lowest BCUT2D eigenvalue weighted by Crippen LogP contribution is -2.56. The van der Waals surface area contributed by atoms with E-state index in [4.69, 9.17) is 14.6 Å². The maximum absolute atomic E-state index is 13.6. The number of carbonyl (C=O) groups is 6. The number of esters is 2. The highest BCUT2D eigenvalue weighted by atomic mass is 16.5. The van der Waals surface area contributed by atoms with Crippen molar-refractivity contribution in [3.8, 4) is 0 Å². The zero-order valence-corrected chi connectivity index (χ0v) is 38.6. The lowest BCUT2D eigenvalue weighted by Gasteiger charge is -2.36. The van der Waals surface area contributed by atoms with Crippen LogP contribution in [-0.4, -0.2) is 117 Å². The Morgan fingerprint density at radius 2 is 0.887 bits per heavy atom. The van der Waals surface area contributed by atoms with Gasteiger partial charge in [0.05, 0.1) is 0 Å². The van der Waals surface area contributed by atoms with Crippen molar-refractivity contribution in [3.63, 3.8) is 0 Å². The number of rotatable bonds is 14. The van der Waals surface area contributed by atoms with Crippen LogP contribution in [0.1, 0.15) is 118 Å². The molecule has 6 rings (SSSR count). The highest BCUT2D eigenvalue weighted by Gasteiger charge is 2.58. The molecule has 4 heterocycles. The summed E-state index contributed by atoms with van der Waals surface area (Å²) in [6, 6.07) is 17.9. The van der Waals surface area contributed by atoms with E-state index in [0.29, 0.717) is 64.7 Å². The quantitative estimate of drug-likeness (QED) is 0.213. The van der Waals surface area contributed by atoms with E-state index in [2.05, 4.69) is 0 Å². The molecule has 1 N–H and O–H groups in total. The molecular formula is C49H72N4O9. The average Bonchev–Trinajstić information content (AvgIpc) is 4.05. The molecule has 4 aliphatic rings. The molecule has 0 unspecified atom stereocenters. The topological polar surface area (TPSA) is 154 Å². The van der Waals surface area contributed by atoms with Gasteiger partial charge in [-0.15, -0.1) is 0 Å². The molecular weight excluding hydrogens is 789 g/mol. The van der Waals surface area contributed by atoms with Crippen LogP contribution in [0.25, 0.3) is 0 Å². The number of carbonyl (C=O) groups excluding carboxylic acids is 6. The van der Waals surface area contributed by atoms with Crippen molar-refractivity contribution in [2.45, 2.75) is 143 Å². The van der Waals surface area contributed by atoms with Gasteiger partial charge in [0.25, 0.3) is 0 Å². The van der Waals surface area contributed by atoms with Crippen LogP contribution >= 0.6 is 0 Å². The van der Waals surface area contributed by atoms with Crippen molar-refractivity contribution in [1.82, 2.24) is 19.6 Å². The van der Waals surface area contributed by atoms with Gasteiger partial charge >= 0.3 is 11.9 Å². The molecule has 0 aromatic heterocycles. The van der Waals surface area contributed by atoms with Crippen molar-refractivity contribution in [1.29, 1.82) is 0 Å². The third-order valence-corrected chi connectivity index (χ3v) is 12.5. The van der Waals surface area contributed by atoms with Gasteiger partial charge in [-0.05, 0) is 74.3 Å². The molecule has 2 spiro atoms. The van der Waals surface area contributed by atoms with Gasteiger partial charge in [0, 0.05) is 45.1 Å². The molecule has 2 aromatic carbocycles. The van der Waals surface area contributed by atoms with E-state index < -0.39 is 23.2 Å². The second-order valence-electron chi connectivity index (χ2n) is 18.5. The third kappa shape index (κ3) is 11.4. The van der Waals surface area contributed by atoms with Gasteiger partial charge < -0.3 is 34.2 Å². The normalized spacial score (nSPS) is 21.8. The van der Waals surface area contributed by atoms with E-state index in [0.717, 1.165) is 31.1 Å². The van der Waals surface area contributed by atoms with Gasteiger partial charge in [0.15, 0.2) is 0 Å². The van der Waals surface area contributed by atoms with Crippen LogP contribution in [0.3, 0.4) is 0 Å². The first-order chi connectivity index (χ1) is 29.5. The first-order valence-electron chi connectivity index (χ1n) is 22.6. The minimum Gasteiger partial charge on any atom is -0.459 e. The zero-order valence-electron chi connectivity index (χ0n) is 38.6. The Morgan fingerprint density at radius 1 is 0.548 bits per heavy atom. The highest BCUT2D eigenvalue weighted by Crippen LogP contribution is 2.42. The van der Waals surface area contributed by atoms with E-state index in [1.54, 1.807) is 19.6 Å². The molecule has 4 saturated heterocycles. The largest absolute Gasteiger partial charge is 0.459 e. The van der Waals surface area contributed by atoms with E-state index in [9.17, 15) is 28.8 Å². The molecule has 0 bridgehead atoms. The summed E-state index contributed by atoms with van der Waals surface area (Å²) in [4.78, 5) is 85.7. The highest BCUT2D eigenvalue weighted by molar-refractivity contribution is 5.97. The number of aliphatic hydroxyl groups is 1. The standard InChI is InChI=1S/2C24H34N2O4.CH4O/c2*1-17(2)15-20(22(28)30-16-19-9-6-5-7-10-19)25-14-12-24(23(25)29)11-8-13-26(24)21(27)18(3)4;1-2/h2*5-7,9-10,17-18,20H,8,11-16H2,1-4H3;2H,1H3/t2*20-,24-;/m11./s1. The Hall–Kier alpha value is -4.78. The Kier molecular flexibility index (Phi) is 18.1. The van der Waals surface area contributed by atoms with Crippen molar-refractivity contribution < 1.29 is 43.3 Å². The minimum absolute atomic E-state index is 0.0229. The Bertz CT molecular complexity index is 1690. The molecule has 0 radical (unpaired) electrons. The molecule has 0 saturated carbocycles. The van der Waals surface area contributed by atoms with Gasteiger partial charge in [-0.1, -0.05) is 116 Å². The molecule has 4 fully saturated rings. The van der Waals surface area contributed by atoms with Gasteiger partial charge in [0.1, 0.15) is 36.4 Å². The van der Waals surface area contributed by atoms with Crippen LogP contribution in [0.5, 0.6) is 0 Å². The van der Waals surface area contributed by atoms with Gasteiger partial charge in [-0.2, -0.15) is 0 Å². The summed E-state index contributed by atoms with van der Waals surface area (Å²) in [6.45, 7) is 18.2. The molecule has 2 aromatic rings. The van der Waals surface area contributed by atoms with Gasteiger partial charge in [-0.25, -0.2) is 9.59 Å². The van der Waals surface area contributed by atoms with Crippen molar-refractivity contribution in [2.24, 2.45) is 23.7 Å². The third-order valence-electron chi connectivity index (χ3n) is 12.5. The number of nitrogens with zero attached hydrogens (tertiary/aromatic N) is 4. The summed E-state index contributed by atoms with van der Waals surface area (Å²) in [5.74, 6) is -0.679. The first-order valence-corrected chi connectivity index (χ1v) is 22.6. The van der Waals surface area contributed by atoms with Crippen molar-refractivity contribution >= 4 is 35.6 Å². The second kappa shape index (κ2) is 22.5. The maximum atomic E-state index is 13.6. The first kappa shape index (κ1) is 49.9. The number of aliphatic hydroxyl groups excluding tert-OH is 1. The molecule has 4 amide bonds. The van der Waals surface area contributed by atoms with E-state index in [-0.39, 0.29) is 72.5 Å². The predicted octanol–water partition coefficient (Wildman–Crippen LogP) is 6.40. The maximum Gasteiger partial charge on any atom is 0.329 e. The van der Waals surface area contributed by atoms with Crippen molar-refractivity contribution in [3.05, 3.63) is 71.8 Å². The Morgan fingerprint density at radius 3 is 1.19 bits per heavy atom. The van der Waals surface area contributed by atoms with E-state index in [1.807, 2.05) is 116 Å². The zero-order chi connectivity index (χ0) is 45.8. The molecule has 4 aliphatic heterocycles. The fraction of sp³-hybridized carbons (Fsp3) is 0.633. The number of hydrogen-bond donors (Lipinski definition) is 1. The van der Waals surface area contributed by atoms with Crippen LogP contribution in [0.4, 0.5) is 0 Å². The number of likely N-dealkylation sites (tertiary alicyclic amines) is 4. The lowest BCUT2D eigenvalue weighted by molar-refractivity contribution is -0.159. The summed E-state index contributed by atoms with van der Waals surface area (Å²) >= 11 is 0. The number of amides is 4. The number of hydrogen-bond acceptors (Lipinski definition) is 9. The number of ether oxygens (including phenoxy) is 2. The summed E-state index contributed by atoms with van der Waals surface area (Å²) in [6.07, 6.45) is 5.27. The molecule has 342 valence electrons. The molecule has 13 nitrogen and oxygen atoms in total. The SMILES string of the molecule is CC(C)C[C@H](C(=O)OCc1ccccc1)N1CC[C@]2(CCCN2C(=O)C(C)C)C1=O.CC(C)C[C@H](C(=O)OCc1ccccc1)N1CC[C@]2(CCCN2C(=O)C(C)C)C1=O.CO. The van der Waals surface area contributed by atoms with Crippen LogP contribution < -0.4 is 0 Å². The molecule has 0 aliphatic carbocycles. The summed E-state index contributed by atoms with van der Waals surface area (Å²) in [5.41, 5.74) is 0.276. The Balaban J connectivity index is 0.000000262. The van der Waals surface area contributed by atoms with Crippen LogP contribution in [0.2, 0.25) is 0 Å². The van der Waals surface area contributed by atoms with Crippen LogP contribution in [0.15, 0.2) is 60.7 Å². The van der Waals surface area contributed by atoms with Crippen LogP contribution in [-0.2, 0) is 51.5 Å². The average molecular weight is 861 g/mol. The predicted molar refractivity (Wildman–Crippen MR) is 237 cm³/mol. The molecule has 62 heavy (non-hydrogen) atoms. The molecule has 13 heteroatoms. The van der Waals surface area contributed by atoms with Crippen LogP contribution in [0, 0.1) is 23.7 Å².